The normalized spacial score (nSPS) is 11.6. The van der Waals surface area contributed by atoms with E-state index in [9.17, 15) is 13.2 Å². The second kappa shape index (κ2) is 11.1. The van der Waals surface area contributed by atoms with Gasteiger partial charge >= 0.3 is 0 Å². The molecule has 0 saturated carbocycles. The molecule has 33 heavy (non-hydrogen) atoms. The first-order chi connectivity index (χ1) is 15.8. The molecule has 3 rings (SSSR count). The minimum Gasteiger partial charge on any atom is -0.335 e. The summed E-state index contributed by atoms with van der Waals surface area (Å²) in [7, 11) is -3.62. The number of benzene rings is 2. The van der Waals surface area contributed by atoms with Crippen molar-refractivity contribution in [3.05, 3.63) is 48.5 Å². The molecule has 176 valence electrons. The highest BCUT2D eigenvalue weighted by atomic mass is 32.2. The van der Waals surface area contributed by atoms with E-state index < -0.39 is 10.0 Å². The molecule has 0 bridgehead atoms. The lowest BCUT2D eigenvalue weighted by molar-refractivity contribution is -0.113. The van der Waals surface area contributed by atoms with Crippen molar-refractivity contribution in [1.82, 2.24) is 19.2 Å². The molecule has 0 aliphatic rings. The molecule has 2 aromatic carbocycles. The molecule has 0 saturated heterocycles. The van der Waals surface area contributed by atoms with Gasteiger partial charge < -0.3 is 11.2 Å². The van der Waals surface area contributed by atoms with Crippen LogP contribution in [-0.2, 0) is 14.8 Å². The number of carbonyl (C=O) groups excluding carboxylic acids is 1. The third-order valence-electron chi connectivity index (χ3n) is 4.79. The Labute approximate surface area is 202 Å². The van der Waals surface area contributed by atoms with Gasteiger partial charge in [0.05, 0.1) is 10.6 Å². The van der Waals surface area contributed by atoms with Gasteiger partial charge in [-0.3, -0.25) is 4.79 Å². The molecule has 0 atom stereocenters. The van der Waals surface area contributed by atoms with Crippen LogP contribution in [0.25, 0.3) is 11.4 Å². The fourth-order valence-electron chi connectivity index (χ4n) is 3.11. The maximum absolute atomic E-state index is 12.8. The van der Waals surface area contributed by atoms with E-state index in [4.69, 9.17) is 5.84 Å². The summed E-state index contributed by atoms with van der Waals surface area (Å²) >= 11 is 2.74. The Morgan fingerprint density at radius 1 is 1.12 bits per heavy atom. The van der Waals surface area contributed by atoms with Crippen LogP contribution in [0.15, 0.2) is 63.5 Å². The summed E-state index contributed by atoms with van der Waals surface area (Å²) in [5.41, 5.74) is 1.23. The van der Waals surface area contributed by atoms with E-state index >= 15 is 0 Å². The topological polar surface area (TPSA) is 123 Å². The number of anilines is 1. The predicted molar refractivity (Wildman–Crippen MR) is 133 cm³/mol. The average Bonchev–Trinajstić information content (AvgIpc) is 3.18. The second-order valence-corrected chi connectivity index (χ2v) is 10.6. The molecular weight excluding hydrogens is 480 g/mol. The number of nitrogens with two attached hydrogens (primary N) is 1. The van der Waals surface area contributed by atoms with Crippen LogP contribution in [0.4, 0.5) is 5.69 Å². The number of carbonyl (C=O) groups is 1. The Balaban J connectivity index is 1.73. The van der Waals surface area contributed by atoms with Crippen molar-refractivity contribution in [2.24, 2.45) is 0 Å². The fourth-order valence-corrected chi connectivity index (χ4v) is 5.73. The zero-order valence-corrected chi connectivity index (χ0v) is 21.0. The van der Waals surface area contributed by atoms with Crippen molar-refractivity contribution in [3.63, 3.8) is 0 Å². The Bertz CT molecular complexity index is 1230. The lowest BCUT2D eigenvalue weighted by Crippen LogP contribution is -2.30. The molecule has 0 fully saturated rings. The molecule has 12 heteroatoms. The van der Waals surface area contributed by atoms with Crippen LogP contribution < -0.4 is 11.2 Å². The molecule has 1 heterocycles. The van der Waals surface area contributed by atoms with Gasteiger partial charge in [0.2, 0.25) is 21.1 Å². The first kappa shape index (κ1) is 25.1. The minimum absolute atomic E-state index is 0.0925. The van der Waals surface area contributed by atoms with Gasteiger partial charge in [0.15, 0.2) is 5.82 Å². The molecule has 1 aromatic heterocycles. The van der Waals surface area contributed by atoms with Crippen molar-refractivity contribution in [2.45, 2.75) is 28.8 Å². The van der Waals surface area contributed by atoms with E-state index in [0.717, 1.165) is 16.7 Å². The van der Waals surface area contributed by atoms with Gasteiger partial charge in [0.25, 0.3) is 0 Å². The van der Waals surface area contributed by atoms with Crippen LogP contribution >= 0.6 is 23.5 Å². The molecule has 0 spiro atoms. The van der Waals surface area contributed by atoms with Crippen LogP contribution in [0.5, 0.6) is 0 Å². The van der Waals surface area contributed by atoms with Gasteiger partial charge in [-0.05, 0) is 36.6 Å². The molecule has 0 radical (unpaired) electrons. The van der Waals surface area contributed by atoms with Gasteiger partial charge in [-0.25, -0.2) is 13.1 Å². The van der Waals surface area contributed by atoms with E-state index in [1.165, 1.54) is 15.0 Å². The molecule has 3 aromatic rings. The summed E-state index contributed by atoms with van der Waals surface area (Å²) in [6.07, 6.45) is 1.97. The minimum atomic E-state index is -3.62. The highest BCUT2D eigenvalue weighted by molar-refractivity contribution is 7.99. The second-order valence-electron chi connectivity index (χ2n) is 6.86. The van der Waals surface area contributed by atoms with Crippen LogP contribution in [0.2, 0.25) is 0 Å². The average molecular weight is 507 g/mol. The summed E-state index contributed by atoms with van der Waals surface area (Å²) in [6, 6.07) is 14.0. The van der Waals surface area contributed by atoms with E-state index in [1.807, 2.05) is 30.5 Å². The van der Waals surface area contributed by atoms with Crippen molar-refractivity contribution in [3.8, 4) is 11.4 Å². The first-order valence-electron chi connectivity index (χ1n) is 10.2. The van der Waals surface area contributed by atoms with E-state index in [2.05, 4.69) is 15.5 Å². The Morgan fingerprint density at radius 2 is 1.85 bits per heavy atom. The number of thioether (sulfide) groups is 2. The first-order valence-corrected chi connectivity index (χ1v) is 13.8. The molecule has 9 nitrogen and oxygen atoms in total. The zero-order valence-electron chi connectivity index (χ0n) is 18.6. The summed E-state index contributed by atoms with van der Waals surface area (Å²) in [5, 5.41) is 11.4. The Kier molecular flexibility index (Phi) is 8.40. The molecule has 0 unspecified atom stereocenters. The highest BCUT2D eigenvalue weighted by Crippen LogP contribution is 2.25. The summed E-state index contributed by atoms with van der Waals surface area (Å²) < 4.78 is 28.3. The molecule has 3 N–H and O–H groups in total. The van der Waals surface area contributed by atoms with Crippen LogP contribution in [0, 0.1) is 0 Å². The fraction of sp³-hybridized carbons (Fsp3) is 0.286. The summed E-state index contributed by atoms with van der Waals surface area (Å²) in [4.78, 5) is 13.6. The molecule has 0 aliphatic carbocycles. The number of aromatic nitrogens is 3. The quantitative estimate of drug-likeness (QED) is 0.318. The number of hydrogen-bond acceptors (Lipinski definition) is 8. The van der Waals surface area contributed by atoms with Gasteiger partial charge in [0.1, 0.15) is 0 Å². The zero-order chi connectivity index (χ0) is 24.0. The number of hydrogen-bond donors (Lipinski definition) is 2. The smallest absolute Gasteiger partial charge is 0.243 e. The van der Waals surface area contributed by atoms with E-state index in [-0.39, 0.29) is 16.6 Å². The maximum atomic E-state index is 12.8. The van der Waals surface area contributed by atoms with Crippen LogP contribution in [0.1, 0.15) is 13.8 Å². The Morgan fingerprint density at radius 3 is 2.55 bits per heavy atom. The SMILES string of the molecule is CCN(CC)S(=O)(=O)c1cccc(-c2nnc(SCC(=O)Nc3cccc(SC)c3)n2N)c1. The lowest BCUT2D eigenvalue weighted by Gasteiger charge is -2.18. The molecular formula is C21H26N6O3S3. The van der Waals surface area contributed by atoms with Crippen LogP contribution in [-0.4, -0.2) is 58.6 Å². The number of nitrogens with zero attached hydrogens (tertiary/aromatic N) is 4. The maximum Gasteiger partial charge on any atom is 0.243 e. The van der Waals surface area contributed by atoms with Crippen LogP contribution in [0.3, 0.4) is 0 Å². The summed E-state index contributed by atoms with van der Waals surface area (Å²) in [6.45, 7) is 4.34. The third-order valence-corrected chi connectivity index (χ3v) is 8.50. The van der Waals surface area contributed by atoms with Crippen molar-refractivity contribution in [2.75, 3.05) is 36.3 Å². The Hall–Kier alpha value is -2.54. The van der Waals surface area contributed by atoms with Crippen molar-refractivity contribution in [1.29, 1.82) is 0 Å². The number of rotatable bonds is 10. The van der Waals surface area contributed by atoms with Gasteiger partial charge in [-0.2, -0.15) is 4.31 Å². The predicted octanol–water partition coefficient (Wildman–Crippen LogP) is 3.14. The third kappa shape index (κ3) is 5.88. The largest absolute Gasteiger partial charge is 0.335 e. The summed E-state index contributed by atoms with van der Waals surface area (Å²) in [5.74, 6) is 6.36. The van der Waals surface area contributed by atoms with Gasteiger partial charge in [-0.1, -0.05) is 43.8 Å². The molecule has 0 aliphatic heterocycles. The van der Waals surface area contributed by atoms with Gasteiger partial charge in [0, 0.05) is 29.2 Å². The monoisotopic (exact) mass is 506 g/mol. The number of nitrogens with one attached hydrogen (secondary N) is 1. The number of amides is 1. The van der Waals surface area contributed by atoms with Crippen molar-refractivity contribution >= 4 is 45.1 Å². The van der Waals surface area contributed by atoms with E-state index in [1.54, 1.807) is 43.8 Å². The lowest BCUT2D eigenvalue weighted by atomic mass is 10.2. The molecule has 1 amide bonds. The standard InChI is InChI=1S/C21H26N6O3S3/c1-4-26(5-2)33(29,30)18-11-6-8-15(12-18)20-24-25-21(27(20)22)32-14-19(28)23-16-9-7-10-17(13-16)31-3/h6-13H,4-5,14,22H2,1-3H3,(H,23,28). The van der Waals surface area contributed by atoms with E-state index in [0.29, 0.717) is 35.3 Å². The highest BCUT2D eigenvalue weighted by Gasteiger charge is 2.23. The van der Waals surface area contributed by atoms with Gasteiger partial charge in [-0.15, -0.1) is 22.0 Å². The number of nitrogen functional groups attached to an aromatic ring is 1. The number of sulfonamides is 1. The van der Waals surface area contributed by atoms with Crippen molar-refractivity contribution < 1.29 is 13.2 Å².